The second-order valence-electron chi connectivity index (χ2n) is 8.26. The molecule has 0 bridgehead atoms. The Balaban J connectivity index is 1.52. The minimum absolute atomic E-state index is 0.192. The fourth-order valence-corrected chi connectivity index (χ4v) is 4.72. The first kappa shape index (κ1) is 22.3. The van der Waals surface area contributed by atoms with Gasteiger partial charge in [-0.3, -0.25) is 15.3 Å². The topological polar surface area (TPSA) is 55.3 Å². The van der Waals surface area contributed by atoms with E-state index >= 15 is 0 Å². The zero-order valence-electron chi connectivity index (χ0n) is 18.4. The molecule has 32 heavy (non-hydrogen) atoms. The average Bonchev–Trinajstić information content (AvgIpc) is 3.16. The van der Waals surface area contributed by atoms with Gasteiger partial charge < -0.3 is 0 Å². The van der Waals surface area contributed by atoms with Gasteiger partial charge in [0.05, 0.1) is 0 Å². The van der Waals surface area contributed by atoms with Gasteiger partial charge >= 0.3 is 0 Å². The van der Waals surface area contributed by atoms with Gasteiger partial charge in [0.25, 0.3) is 0 Å². The van der Waals surface area contributed by atoms with Gasteiger partial charge in [-0.2, -0.15) is 10.5 Å². The smallest absolute Gasteiger partial charge is 0.194 e. The minimum Gasteiger partial charge on any atom is -0.279 e. The summed E-state index contributed by atoms with van der Waals surface area (Å²) in [5.41, 5.74) is 6.45. The molecule has 2 N–H and O–H groups in total. The van der Waals surface area contributed by atoms with Crippen LogP contribution in [0.3, 0.4) is 0 Å². The van der Waals surface area contributed by atoms with E-state index in [1.54, 1.807) is 23.4 Å². The lowest BCUT2D eigenvalue weighted by Gasteiger charge is -2.36. The van der Waals surface area contributed by atoms with Crippen molar-refractivity contribution >= 4 is 18.1 Å². The SMILES string of the molecule is C=NN(CC)C1=C(C)CC(NC2N=C3C(c4cc(F)c(F)c(F)c4)=CC=CN3N2)CC1C. The van der Waals surface area contributed by atoms with Gasteiger partial charge in [-0.25, -0.2) is 18.2 Å². The third kappa shape index (κ3) is 4.10. The van der Waals surface area contributed by atoms with Crippen molar-refractivity contribution in [3.8, 4) is 0 Å². The van der Waals surface area contributed by atoms with Gasteiger partial charge in [0.1, 0.15) is 0 Å². The molecule has 3 atom stereocenters. The van der Waals surface area contributed by atoms with Crippen LogP contribution in [0.2, 0.25) is 0 Å². The molecule has 170 valence electrons. The van der Waals surface area contributed by atoms with Crippen molar-refractivity contribution < 1.29 is 13.2 Å². The van der Waals surface area contributed by atoms with E-state index in [0.29, 0.717) is 17.3 Å². The molecular weight excluding hydrogens is 417 g/mol. The largest absolute Gasteiger partial charge is 0.279 e. The first-order valence-electron chi connectivity index (χ1n) is 10.7. The Morgan fingerprint density at radius 2 is 2.03 bits per heavy atom. The zero-order valence-corrected chi connectivity index (χ0v) is 18.4. The third-order valence-electron chi connectivity index (χ3n) is 6.01. The van der Waals surface area contributed by atoms with Gasteiger partial charge in [-0.1, -0.05) is 12.5 Å². The molecule has 2 aliphatic heterocycles. The van der Waals surface area contributed by atoms with Crippen LogP contribution in [0.5, 0.6) is 0 Å². The van der Waals surface area contributed by atoms with E-state index < -0.39 is 23.7 Å². The zero-order chi connectivity index (χ0) is 23.0. The number of nitrogens with zero attached hydrogens (tertiary/aromatic N) is 4. The summed E-state index contributed by atoms with van der Waals surface area (Å²) >= 11 is 0. The van der Waals surface area contributed by atoms with Gasteiger partial charge in [0, 0.05) is 36.8 Å². The fourth-order valence-electron chi connectivity index (χ4n) is 4.72. The number of nitrogens with one attached hydrogen (secondary N) is 2. The highest BCUT2D eigenvalue weighted by molar-refractivity contribution is 6.24. The summed E-state index contributed by atoms with van der Waals surface area (Å²) in [6.07, 6.45) is 6.58. The van der Waals surface area contributed by atoms with Crippen LogP contribution in [0, 0.1) is 23.4 Å². The molecule has 9 heteroatoms. The molecule has 0 fully saturated rings. The number of hydrazine groups is 1. The molecule has 1 aliphatic carbocycles. The summed E-state index contributed by atoms with van der Waals surface area (Å²) in [5, 5.41) is 11.3. The van der Waals surface area contributed by atoms with Gasteiger partial charge in [0.2, 0.25) is 0 Å². The van der Waals surface area contributed by atoms with Crippen LogP contribution in [-0.4, -0.2) is 41.4 Å². The normalized spacial score (nSPS) is 24.9. The Labute approximate surface area is 185 Å². The number of halogens is 3. The van der Waals surface area contributed by atoms with E-state index in [9.17, 15) is 13.2 Å². The molecule has 3 aliphatic rings. The quantitative estimate of drug-likeness (QED) is 0.394. The van der Waals surface area contributed by atoms with E-state index in [-0.39, 0.29) is 11.6 Å². The van der Waals surface area contributed by atoms with Crippen LogP contribution in [0.25, 0.3) is 5.57 Å². The number of rotatable bonds is 6. The number of amidine groups is 1. The molecule has 0 saturated heterocycles. The Kier molecular flexibility index (Phi) is 6.21. The van der Waals surface area contributed by atoms with E-state index in [4.69, 9.17) is 0 Å². The molecular formula is C23H27F3N6. The highest BCUT2D eigenvalue weighted by Crippen LogP contribution is 2.33. The first-order valence-corrected chi connectivity index (χ1v) is 10.7. The highest BCUT2D eigenvalue weighted by atomic mass is 19.2. The summed E-state index contributed by atoms with van der Waals surface area (Å²) in [6.45, 7) is 10.8. The number of hydrogen-bond acceptors (Lipinski definition) is 6. The molecule has 0 radical (unpaired) electrons. The van der Waals surface area contributed by atoms with Crippen LogP contribution >= 0.6 is 0 Å². The second-order valence-corrected chi connectivity index (χ2v) is 8.26. The van der Waals surface area contributed by atoms with Crippen LogP contribution < -0.4 is 10.7 Å². The summed E-state index contributed by atoms with van der Waals surface area (Å²) in [6, 6.07) is 2.16. The predicted molar refractivity (Wildman–Crippen MR) is 120 cm³/mol. The van der Waals surface area contributed by atoms with Crippen molar-refractivity contribution in [2.24, 2.45) is 16.0 Å². The Bertz CT molecular complexity index is 1020. The number of hydrogen-bond donors (Lipinski definition) is 2. The summed E-state index contributed by atoms with van der Waals surface area (Å²) in [7, 11) is 0. The Morgan fingerprint density at radius 1 is 1.31 bits per heavy atom. The molecule has 0 amide bonds. The van der Waals surface area contributed by atoms with Crippen molar-refractivity contribution in [3.05, 3.63) is 64.8 Å². The maximum absolute atomic E-state index is 13.8. The number of benzene rings is 1. The maximum atomic E-state index is 13.8. The highest BCUT2D eigenvalue weighted by Gasteiger charge is 2.33. The molecule has 4 rings (SSSR count). The average molecular weight is 445 g/mol. The third-order valence-corrected chi connectivity index (χ3v) is 6.01. The molecule has 1 aromatic carbocycles. The molecule has 3 unspecified atom stereocenters. The Morgan fingerprint density at radius 3 is 2.66 bits per heavy atom. The minimum atomic E-state index is -1.48. The molecule has 1 aromatic rings. The number of allylic oxidation sites excluding steroid dienone is 3. The summed E-state index contributed by atoms with van der Waals surface area (Å²) in [5.74, 6) is -3.12. The van der Waals surface area contributed by atoms with Crippen LogP contribution in [-0.2, 0) is 0 Å². The van der Waals surface area contributed by atoms with Crippen LogP contribution in [0.15, 0.2) is 51.8 Å². The van der Waals surface area contributed by atoms with Crippen LogP contribution in [0.4, 0.5) is 13.2 Å². The molecule has 0 spiro atoms. The van der Waals surface area contributed by atoms with E-state index in [2.05, 4.69) is 48.3 Å². The predicted octanol–water partition coefficient (Wildman–Crippen LogP) is 4.12. The second kappa shape index (κ2) is 8.91. The van der Waals surface area contributed by atoms with E-state index in [1.807, 2.05) is 5.01 Å². The summed E-state index contributed by atoms with van der Waals surface area (Å²) in [4.78, 5) is 4.69. The maximum Gasteiger partial charge on any atom is 0.194 e. The van der Waals surface area contributed by atoms with Crippen molar-refractivity contribution in [1.82, 2.24) is 20.8 Å². The lowest BCUT2D eigenvalue weighted by atomic mass is 9.85. The fraction of sp³-hybridized carbons (Fsp3) is 0.391. The molecule has 0 saturated carbocycles. The first-order chi connectivity index (χ1) is 15.3. The number of aliphatic imine (C=N–C) groups is 1. The van der Waals surface area contributed by atoms with Crippen LogP contribution in [0.1, 0.15) is 39.2 Å². The van der Waals surface area contributed by atoms with Gasteiger partial charge in [-0.05, 0) is 62.5 Å². The van der Waals surface area contributed by atoms with E-state index in [1.165, 1.54) is 11.3 Å². The van der Waals surface area contributed by atoms with Crippen molar-refractivity contribution in [1.29, 1.82) is 0 Å². The van der Waals surface area contributed by atoms with Gasteiger partial charge in [0.15, 0.2) is 29.6 Å². The monoisotopic (exact) mass is 444 g/mol. The molecule has 2 heterocycles. The molecule has 0 aromatic heterocycles. The lowest BCUT2D eigenvalue weighted by molar-refractivity contribution is 0.254. The van der Waals surface area contributed by atoms with E-state index in [0.717, 1.165) is 31.5 Å². The molecule has 6 nitrogen and oxygen atoms in total. The van der Waals surface area contributed by atoms with Crippen molar-refractivity contribution in [2.45, 2.75) is 45.9 Å². The van der Waals surface area contributed by atoms with Crippen molar-refractivity contribution in [2.75, 3.05) is 6.54 Å². The Hall–Kier alpha value is -2.91. The number of fused-ring (bicyclic) bond motifs is 1. The number of hydrazone groups is 1. The van der Waals surface area contributed by atoms with Crippen molar-refractivity contribution in [3.63, 3.8) is 0 Å². The lowest BCUT2D eigenvalue weighted by Crippen LogP contribution is -2.49. The standard InChI is InChI=1S/C23H27F3N6/c1-5-31(27-4)21-13(2)9-16(10-14(21)3)28-23-29-22-17(7-6-8-32(22)30-23)15-11-18(24)20(26)19(25)12-15/h6-8,11-13,16,23,28,30H,4-5,9-10H2,1-3H3. The van der Waals surface area contributed by atoms with Gasteiger partial charge in [-0.15, -0.1) is 0 Å². The summed E-state index contributed by atoms with van der Waals surface area (Å²) < 4.78 is 40.9.